The minimum absolute atomic E-state index is 0.0949. The molecule has 0 unspecified atom stereocenters. The van der Waals surface area contributed by atoms with Crippen molar-refractivity contribution in [3.05, 3.63) is 39.5 Å². The first kappa shape index (κ1) is 9.42. The van der Waals surface area contributed by atoms with E-state index in [1.165, 1.54) is 11.3 Å². The van der Waals surface area contributed by atoms with E-state index in [0.29, 0.717) is 10.2 Å². The van der Waals surface area contributed by atoms with Crippen LogP contribution < -0.4 is 5.56 Å². The van der Waals surface area contributed by atoms with Crippen LogP contribution in [0.4, 0.5) is 0 Å². The van der Waals surface area contributed by atoms with Crippen LogP contribution in [0.25, 0.3) is 21.0 Å². The minimum atomic E-state index is -0.0949. The lowest BCUT2D eigenvalue weighted by atomic mass is 10.1. The van der Waals surface area contributed by atoms with Crippen molar-refractivity contribution in [2.75, 3.05) is 0 Å². The van der Waals surface area contributed by atoms with Crippen molar-refractivity contribution in [3.63, 3.8) is 0 Å². The number of fused-ring (bicyclic) bond motifs is 3. The van der Waals surface area contributed by atoms with E-state index < -0.39 is 0 Å². The van der Waals surface area contributed by atoms with Gasteiger partial charge in [0, 0.05) is 10.8 Å². The lowest BCUT2D eigenvalue weighted by Crippen LogP contribution is -2.04. The third-order valence-electron chi connectivity index (χ3n) is 2.65. The molecule has 2 heterocycles. The van der Waals surface area contributed by atoms with Crippen LogP contribution in [0.3, 0.4) is 0 Å². The van der Waals surface area contributed by atoms with Crippen molar-refractivity contribution >= 4 is 32.3 Å². The number of phenols is 1. The second kappa shape index (κ2) is 3.09. The van der Waals surface area contributed by atoms with Crippen LogP contribution in [0.2, 0.25) is 0 Å². The number of hydrogen-bond acceptors (Lipinski definition) is 3. The number of hydrogen-bond donors (Lipinski definition) is 2. The molecule has 0 aliphatic rings. The molecule has 0 radical (unpaired) electrons. The van der Waals surface area contributed by atoms with Crippen LogP contribution in [0.1, 0.15) is 5.56 Å². The lowest BCUT2D eigenvalue weighted by Gasteiger charge is -2.04. The molecule has 80 valence electrons. The number of H-pyrrole nitrogens is 1. The van der Waals surface area contributed by atoms with E-state index in [2.05, 4.69) is 4.98 Å². The molecular weight excluding hydrogens is 222 g/mol. The van der Waals surface area contributed by atoms with E-state index in [9.17, 15) is 9.90 Å². The van der Waals surface area contributed by atoms with Gasteiger partial charge in [-0.25, -0.2) is 0 Å². The van der Waals surface area contributed by atoms with E-state index in [1.807, 2.05) is 24.4 Å². The average molecular weight is 231 g/mol. The summed E-state index contributed by atoms with van der Waals surface area (Å²) in [6.07, 6.45) is 0. The Morgan fingerprint density at radius 2 is 2.19 bits per heavy atom. The number of phenolic OH excluding ortho intramolecular Hbond substituents is 1. The number of aromatic amines is 1. The van der Waals surface area contributed by atoms with Crippen LogP contribution >= 0.6 is 11.3 Å². The number of pyridine rings is 1. The van der Waals surface area contributed by atoms with E-state index in [0.717, 1.165) is 16.3 Å². The van der Waals surface area contributed by atoms with Crippen LogP contribution in [0, 0.1) is 6.92 Å². The Morgan fingerprint density at radius 1 is 1.38 bits per heavy atom. The molecule has 3 aromatic rings. The molecule has 0 aliphatic carbocycles. The van der Waals surface area contributed by atoms with Crippen molar-refractivity contribution in [2.45, 2.75) is 6.92 Å². The summed E-state index contributed by atoms with van der Waals surface area (Å²) in [7, 11) is 0. The molecule has 0 atom stereocenters. The van der Waals surface area contributed by atoms with Gasteiger partial charge in [-0.15, -0.1) is 11.3 Å². The molecule has 0 saturated heterocycles. The second-order valence-corrected chi connectivity index (χ2v) is 4.74. The van der Waals surface area contributed by atoms with Crippen LogP contribution in [-0.4, -0.2) is 10.1 Å². The van der Waals surface area contributed by atoms with Gasteiger partial charge in [-0.1, -0.05) is 0 Å². The molecule has 1 aromatic carbocycles. The summed E-state index contributed by atoms with van der Waals surface area (Å²) < 4.78 is 0.659. The molecule has 0 bridgehead atoms. The summed E-state index contributed by atoms with van der Waals surface area (Å²) in [5.74, 6) is 0.217. The van der Waals surface area contributed by atoms with Crippen LogP contribution in [0.15, 0.2) is 28.4 Å². The quantitative estimate of drug-likeness (QED) is 0.625. The highest BCUT2D eigenvalue weighted by molar-refractivity contribution is 7.17. The fraction of sp³-hybridized carbons (Fsp3) is 0.0833. The SMILES string of the molecule is Cc1cc(O)c2c(c1)[nH]c(=O)c1sccc12. The highest BCUT2D eigenvalue weighted by Gasteiger charge is 2.10. The van der Waals surface area contributed by atoms with Crippen molar-refractivity contribution in [2.24, 2.45) is 0 Å². The molecule has 0 fully saturated rings. The lowest BCUT2D eigenvalue weighted by molar-refractivity contribution is 0.481. The van der Waals surface area contributed by atoms with E-state index in [-0.39, 0.29) is 11.3 Å². The van der Waals surface area contributed by atoms with Gasteiger partial charge in [0.2, 0.25) is 0 Å². The van der Waals surface area contributed by atoms with Gasteiger partial charge in [0.25, 0.3) is 5.56 Å². The Labute approximate surface area is 95.0 Å². The number of aromatic nitrogens is 1. The second-order valence-electron chi connectivity index (χ2n) is 3.82. The smallest absolute Gasteiger partial charge is 0.266 e. The molecule has 3 rings (SSSR count). The van der Waals surface area contributed by atoms with Gasteiger partial charge < -0.3 is 10.1 Å². The first-order valence-electron chi connectivity index (χ1n) is 4.89. The summed E-state index contributed by atoms with van der Waals surface area (Å²) in [5.41, 5.74) is 1.52. The highest BCUT2D eigenvalue weighted by atomic mass is 32.1. The number of aryl methyl sites for hydroxylation is 1. The van der Waals surface area contributed by atoms with E-state index in [1.54, 1.807) is 6.07 Å². The topological polar surface area (TPSA) is 53.1 Å². The Morgan fingerprint density at radius 3 is 3.00 bits per heavy atom. The standard InChI is InChI=1S/C12H9NO2S/c1-6-4-8-10(9(14)5-6)7-2-3-16-11(7)12(15)13-8/h2-5,14H,1H3,(H,13,15). The predicted molar refractivity (Wildman–Crippen MR) is 66.4 cm³/mol. The molecular formula is C12H9NO2S. The molecule has 0 aliphatic heterocycles. The average Bonchev–Trinajstić information content (AvgIpc) is 2.65. The van der Waals surface area contributed by atoms with Gasteiger partial charge in [0.1, 0.15) is 10.4 Å². The number of benzene rings is 1. The third kappa shape index (κ3) is 1.17. The third-order valence-corrected chi connectivity index (χ3v) is 3.56. The molecule has 0 amide bonds. The van der Waals surface area contributed by atoms with Crippen molar-refractivity contribution in [1.29, 1.82) is 0 Å². The number of rotatable bonds is 0. The number of thiophene rings is 1. The summed E-state index contributed by atoms with van der Waals surface area (Å²) >= 11 is 1.39. The van der Waals surface area contributed by atoms with Crippen LogP contribution in [-0.2, 0) is 0 Å². The van der Waals surface area contributed by atoms with E-state index in [4.69, 9.17) is 0 Å². The van der Waals surface area contributed by atoms with E-state index >= 15 is 0 Å². The fourth-order valence-electron chi connectivity index (χ4n) is 2.01. The van der Waals surface area contributed by atoms with Gasteiger partial charge in [-0.05, 0) is 36.1 Å². The van der Waals surface area contributed by atoms with Crippen molar-refractivity contribution < 1.29 is 5.11 Å². The normalized spacial score (nSPS) is 11.3. The maximum Gasteiger partial charge on any atom is 0.266 e. The maximum absolute atomic E-state index is 11.7. The molecule has 4 heteroatoms. The maximum atomic E-state index is 11.7. The molecule has 0 spiro atoms. The van der Waals surface area contributed by atoms with Gasteiger partial charge in [-0.3, -0.25) is 4.79 Å². The zero-order valence-corrected chi connectivity index (χ0v) is 9.39. The Hall–Kier alpha value is -1.81. The van der Waals surface area contributed by atoms with Crippen molar-refractivity contribution in [3.8, 4) is 5.75 Å². The van der Waals surface area contributed by atoms with Gasteiger partial charge in [0.15, 0.2) is 0 Å². The van der Waals surface area contributed by atoms with Gasteiger partial charge >= 0.3 is 0 Å². The Kier molecular flexibility index (Phi) is 1.82. The summed E-state index contributed by atoms with van der Waals surface area (Å²) in [6, 6.07) is 5.44. The van der Waals surface area contributed by atoms with Gasteiger partial charge in [-0.2, -0.15) is 0 Å². The summed E-state index contributed by atoms with van der Waals surface area (Å²) in [4.78, 5) is 14.5. The first-order valence-corrected chi connectivity index (χ1v) is 5.77. The Balaban J connectivity index is 2.70. The summed E-state index contributed by atoms with van der Waals surface area (Å²) in [6.45, 7) is 1.88. The molecule has 2 aromatic heterocycles. The monoisotopic (exact) mass is 231 g/mol. The minimum Gasteiger partial charge on any atom is -0.507 e. The predicted octanol–water partition coefficient (Wildman–Crippen LogP) is 2.76. The van der Waals surface area contributed by atoms with Crippen molar-refractivity contribution in [1.82, 2.24) is 4.98 Å². The van der Waals surface area contributed by atoms with Crippen LogP contribution in [0.5, 0.6) is 5.75 Å². The molecule has 3 nitrogen and oxygen atoms in total. The highest BCUT2D eigenvalue weighted by Crippen LogP contribution is 2.32. The zero-order valence-electron chi connectivity index (χ0n) is 8.57. The zero-order chi connectivity index (χ0) is 11.3. The summed E-state index contributed by atoms with van der Waals surface area (Å²) in [5, 5.41) is 13.3. The first-order chi connectivity index (χ1) is 7.66. The van der Waals surface area contributed by atoms with Gasteiger partial charge in [0.05, 0.1) is 5.52 Å². The molecule has 0 saturated carbocycles. The Bertz CT molecular complexity index is 755. The molecule has 16 heavy (non-hydrogen) atoms. The number of nitrogens with one attached hydrogen (secondary N) is 1. The number of aromatic hydroxyl groups is 1. The largest absolute Gasteiger partial charge is 0.507 e. The fourth-order valence-corrected chi connectivity index (χ4v) is 2.81. The molecule has 2 N–H and O–H groups in total.